The first kappa shape index (κ1) is 12.0. The first-order valence-corrected chi connectivity index (χ1v) is 5.17. The third kappa shape index (κ3) is 1.90. The molecule has 7 heteroatoms. The van der Waals surface area contributed by atoms with Crippen molar-refractivity contribution in [3.05, 3.63) is 39.7 Å². The highest BCUT2D eigenvalue weighted by Crippen LogP contribution is 2.28. The van der Waals surface area contributed by atoms with Gasteiger partial charge in [-0.1, -0.05) is 18.2 Å². The van der Waals surface area contributed by atoms with Crippen LogP contribution in [0.1, 0.15) is 18.2 Å². The Balaban J connectivity index is 2.41. The van der Waals surface area contributed by atoms with Crippen LogP contribution in [-0.4, -0.2) is 28.0 Å². The van der Waals surface area contributed by atoms with E-state index >= 15 is 0 Å². The second-order valence-corrected chi connectivity index (χ2v) is 4.07. The summed E-state index contributed by atoms with van der Waals surface area (Å²) in [5.41, 5.74) is 0.133. The monoisotopic (exact) mass is 249 g/mol. The largest absolute Gasteiger partial charge is 0.468 e. The van der Waals surface area contributed by atoms with Crippen LogP contribution in [0.2, 0.25) is 0 Å². The molecule has 1 aromatic heterocycles. The zero-order valence-corrected chi connectivity index (χ0v) is 9.86. The fourth-order valence-electron chi connectivity index (χ4n) is 1.66. The highest BCUT2D eigenvalue weighted by Gasteiger charge is 2.31. The average Bonchev–Trinajstić information content (AvgIpc) is 2.70. The number of fused-ring (bicyclic) bond motifs is 1. The van der Waals surface area contributed by atoms with Crippen LogP contribution in [0, 0.1) is 15.5 Å². The fourth-order valence-corrected chi connectivity index (χ4v) is 1.66. The molecule has 1 heterocycles. The predicted octanol–water partition coefficient (Wildman–Crippen LogP) is 1.14. The van der Waals surface area contributed by atoms with Gasteiger partial charge in [0.25, 0.3) is 0 Å². The minimum absolute atomic E-state index is 0.401. The lowest BCUT2D eigenvalue weighted by Gasteiger charge is -2.17. The van der Waals surface area contributed by atoms with Gasteiger partial charge in [-0.15, -0.1) is 0 Å². The van der Waals surface area contributed by atoms with Crippen LogP contribution in [-0.2, 0) is 9.53 Å². The summed E-state index contributed by atoms with van der Waals surface area (Å²) in [7, 11) is 1.31. The first-order chi connectivity index (χ1) is 8.46. The molecular weight excluding hydrogens is 238 g/mol. The Labute approximate surface area is 102 Å². The lowest BCUT2D eigenvalue weighted by atomic mass is 9.90. The summed E-state index contributed by atoms with van der Waals surface area (Å²) < 4.78 is 4.71. The molecule has 0 saturated heterocycles. The summed E-state index contributed by atoms with van der Waals surface area (Å²) in [6, 6.07) is 0. The van der Waals surface area contributed by atoms with Gasteiger partial charge in [-0.25, -0.2) is 0 Å². The van der Waals surface area contributed by atoms with Crippen molar-refractivity contribution in [2.45, 2.75) is 6.92 Å². The van der Waals surface area contributed by atoms with Crippen molar-refractivity contribution in [3.63, 3.8) is 0 Å². The highest BCUT2D eigenvalue weighted by atomic mass is 16.7. The molecule has 1 aliphatic rings. The van der Waals surface area contributed by atoms with Crippen molar-refractivity contribution < 1.29 is 14.6 Å². The second-order valence-electron chi connectivity index (χ2n) is 4.07. The quantitative estimate of drug-likeness (QED) is 0.445. The molecule has 18 heavy (non-hydrogen) atoms. The Bertz CT molecular complexity index is 539. The van der Waals surface area contributed by atoms with E-state index in [1.54, 1.807) is 31.2 Å². The van der Waals surface area contributed by atoms with Gasteiger partial charge in [0.1, 0.15) is 11.6 Å². The fraction of sp³-hybridized carbons (Fsp3) is 0.273. The van der Waals surface area contributed by atoms with Gasteiger partial charge in [-0.3, -0.25) is 4.79 Å². The molecule has 0 N–H and O–H groups in total. The van der Waals surface area contributed by atoms with E-state index in [9.17, 15) is 14.9 Å². The van der Waals surface area contributed by atoms with Crippen LogP contribution < -0.4 is 0 Å². The van der Waals surface area contributed by atoms with Gasteiger partial charge in [0, 0.05) is 4.79 Å². The van der Waals surface area contributed by atoms with E-state index in [2.05, 4.69) is 5.10 Å². The molecule has 0 aromatic carbocycles. The summed E-state index contributed by atoms with van der Waals surface area (Å²) in [5, 5.41) is 13.7. The number of aromatic nitrogens is 2. The zero-order chi connectivity index (χ0) is 13.3. The van der Waals surface area contributed by atoms with E-state index in [0.717, 1.165) is 0 Å². The van der Waals surface area contributed by atoms with Gasteiger partial charge in [-0.2, -0.15) is 0 Å². The van der Waals surface area contributed by atoms with E-state index in [1.807, 2.05) is 0 Å². The molecule has 0 spiro atoms. The van der Waals surface area contributed by atoms with Crippen LogP contribution in [0.3, 0.4) is 0 Å². The number of ether oxygens (including phenoxy) is 1. The van der Waals surface area contributed by atoms with E-state index in [-0.39, 0.29) is 0 Å². The van der Waals surface area contributed by atoms with Gasteiger partial charge in [-0.05, 0) is 13.0 Å². The number of nitro groups is 1. The van der Waals surface area contributed by atoms with Gasteiger partial charge >= 0.3 is 5.97 Å². The molecule has 1 unspecified atom stereocenters. The van der Waals surface area contributed by atoms with Crippen molar-refractivity contribution in [1.29, 1.82) is 0 Å². The van der Waals surface area contributed by atoms with E-state index in [4.69, 9.17) is 4.74 Å². The molecule has 0 aliphatic heterocycles. The van der Waals surface area contributed by atoms with Crippen LogP contribution in [0.15, 0.2) is 18.3 Å². The molecule has 0 fully saturated rings. The van der Waals surface area contributed by atoms with Gasteiger partial charge in [0.15, 0.2) is 0 Å². The summed E-state index contributed by atoms with van der Waals surface area (Å²) in [4.78, 5) is 22.8. The van der Waals surface area contributed by atoms with Crippen molar-refractivity contribution in [3.8, 4) is 0 Å². The molecular formula is C11H11N3O4. The summed E-state index contributed by atoms with van der Waals surface area (Å²) in [5.74, 6) is -0.401. The molecule has 0 amide bonds. The van der Waals surface area contributed by atoms with Gasteiger partial charge in [0.2, 0.25) is 5.69 Å². The molecule has 94 valence electrons. The maximum absolute atomic E-state index is 11.6. The zero-order valence-electron chi connectivity index (χ0n) is 9.86. The Morgan fingerprint density at radius 1 is 1.50 bits per heavy atom. The molecule has 1 aromatic rings. The minimum atomic E-state index is -0.887. The Morgan fingerprint density at radius 2 is 2.17 bits per heavy atom. The number of methoxy groups -OCH3 is 1. The van der Waals surface area contributed by atoms with Crippen molar-refractivity contribution in [2.75, 3.05) is 7.11 Å². The summed E-state index contributed by atoms with van der Waals surface area (Å²) in [6.07, 6.45) is 7.73. The average molecular weight is 249 g/mol. The molecule has 0 saturated carbocycles. The molecule has 2 rings (SSSR count). The third-order valence-corrected chi connectivity index (χ3v) is 2.75. The number of carbonyl (C=O) groups excluding carboxylic acids is 1. The number of hydrogen-bond acceptors (Lipinski definition) is 5. The SMILES string of the molecule is COC(=O)C1(C)C=Cc2cn([N+](=O)[O-])nc2C=C1. The normalized spacial score (nSPS) is 21.2. The maximum Gasteiger partial charge on any atom is 0.319 e. The number of hydrogen-bond donors (Lipinski definition) is 0. The number of rotatable bonds is 2. The smallest absolute Gasteiger partial charge is 0.319 e. The number of nitrogens with zero attached hydrogens (tertiary/aromatic N) is 3. The Morgan fingerprint density at radius 3 is 2.78 bits per heavy atom. The molecule has 1 atom stereocenters. The number of esters is 1. The third-order valence-electron chi connectivity index (χ3n) is 2.75. The van der Waals surface area contributed by atoms with Crippen LogP contribution in [0.25, 0.3) is 12.2 Å². The van der Waals surface area contributed by atoms with E-state index < -0.39 is 16.4 Å². The lowest BCUT2D eigenvalue weighted by Crippen LogP contribution is -2.24. The molecule has 0 bridgehead atoms. The summed E-state index contributed by atoms with van der Waals surface area (Å²) in [6.45, 7) is 1.69. The van der Waals surface area contributed by atoms with E-state index in [0.29, 0.717) is 16.0 Å². The predicted molar refractivity (Wildman–Crippen MR) is 62.8 cm³/mol. The summed E-state index contributed by atoms with van der Waals surface area (Å²) >= 11 is 0. The topological polar surface area (TPSA) is 87.3 Å². The van der Waals surface area contributed by atoms with Crippen molar-refractivity contribution in [1.82, 2.24) is 9.89 Å². The molecule has 7 nitrogen and oxygen atoms in total. The minimum Gasteiger partial charge on any atom is -0.468 e. The van der Waals surface area contributed by atoms with Crippen LogP contribution >= 0.6 is 0 Å². The van der Waals surface area contributed by atoms with Crippen molar-refractivity contribution in [2.24, 2.45) is 5.41 Å². The molecule has 0 radical (unpaired) electrons. The Hall–Kier alpha value is -2.44. The van der Waals surface area contributed by atoms with Gasteiger partial charge in [0.05, 0.1) is 22.8 Å². The highest BCUT2D eigenvalue weighted by molar-refractivity contribution is 5.85. The molecule has 1 aliphatic carbocycles. The lowest BCUT2D eigenvalue weighted by molar-refractivity contribution is -0.552. The standard InChI is InChI=1S/C11H11N3O4/c1-11(10(15)18-2)5-3-8-7-13(14(16)17)12-9(8)4-6-11/h3-7H,1-2H3. The van der Waals surface area contributed by atoms with Gasteiger partial charge < -0.3 is 14.9 Å². The maximum atomic E-state index is 11.6. The first-order valence-electron chi connectivity index (χ1n) is 5.17. The van der Waals surface area contributed by atoms with Crippen molar-refractivity contribution >= 4 is 18.1 Å². The van der Waals surface area contributed by atoms with E-state index in [1.165, 1.54) is 13.3 Å². The number of carbonyl (C=O) groups is 1. The second kappa shape index (κ2) is 4.10. The van der Waals surface area contributed by atoms with Crippen LogP contribution in [0.5, 0.6) is 0 Å². The van der Waals surface area contributed by atoms with Crippen LogP contribution in [0.4, 0.5) is 0 Å². The Kier molecular flexibility index (Phi) is 2.74.